The van der Waals surface area contributed by atoms with E-state index in [2.05, 4.69) is 63.5 Å². The Balaban J connectivity index is 4.12. The maximum atomic E-state index is 5.86. The molecule has 0 saturated heterocycles. The lowest BCUT2D eigenvalue weighted by atomic mass is 10.2. The largest absolute Gasteiger partial charge is 0.386 e. The number of hydrogen-bond donors (Lipinski definition) is 3. The van der Waals surface area contributed by atoms with Crippen LogP contribution in [-0.4, -0.2) is 47.8 Å². The molecule has 134 valence electrons. The molecular formula is C18H35N3S2. The lowest BCUT2D eigenvalue weighted by Gasteiger charge is -2.25. The van der Waals surface area contributed by atoms with Crippen molar-refractivity contribution in [1.82, 2.24) is 10.2 Å². The number of likely N-dealkylation sites (N-methyl/N-ethyl adjacent to an activating group) is 1. The Labute approximate surface area is 153 Å². The first-order valence-electron chi connectivity index (χ1n) is 8.27. The summed E-state index contributed by atoms with van der Waals surface area (Å²) in [5, 5.41) is 3.69. The molecule has 0 aromatic heterocycles. The third-order valence-electron chi connectivity index (χ3n) is 3.97. The fourth-order valence-electron chi connectivity index (χ4n) is 1.79. The molecule has 0 aliphatic heterocycles. The van der Waals surface area contributed by atoms with Gasteiger partial charge in [0.2, 0.25) is 0 Å². The molecule has 0 aromatic carbocycles. The average molecular weight is 358 g/mol. The Morgan fingerprint density at radius 3 is 2.61 bits per heavy atom. The van der Waals surface area contributed by atoms with E-state index in [1.165, 1.54) is 12.2 Å². The van der Waals surface area contributed by atoms with Crippen molar-refractivity contribution in [3.63, 3.8) is 0 Å². The third-order valence-corrected chi connectivity index (χ3v) is 5.92. The highest BCUT2D eigenvalue weighted by Gasteiger charge is 2.12. The molecule has 5 heteroatoms. The number of nitrogens with one attached hydrogen (secondary N) is 1. The molecule has 0 aliphatic carbocycles. The Morgan fingerprint density at radius 1 is 1.43 bits per heavy atom. The first kappa shape index (κ1) is 22.5. The SMILES string of the molecule is C=CC(CC(=C)N(C)CCNC(=C)C(N)CS)SCC(C)CC. The van der Waals surface area contributed by atoms with Gasteiger partial charge >= 0.3 is 0 Å². The highest BCUT2D eigenvalue weighted by atomic mass is 32.2. The smallest absolute Gasteiger partial charge is 0.0527 e. The summed E-state index contributed by atoms with van der Waals surface area (Å²) in [6.07, 6.45) is 4.21. The van der Waals surface area contributed by atoms with Gasteiger partial charge in [0, 0.05) is 49.0 Å². The van der Waals surface area contributed by atoms with Crippen LogP contribution < -0.4 is 11.1 Å². The van der Waals surface area contributed by atoms with E-state index in [0.29, 0.717) is 11.0 Å². The van der Waals surface area contributed by atoms with Crippen molar-refractivity contribution in [3.8, 4) is 0 Å². The minimum absolute atomic E-state index is 0.103. The van der Waals surface area contributed by atoms with E-state index in [1.807, 2.05) is 17.8 Å². The summed E-state index contributed by atoms with van der Waals surface area (Å²) in [6.45, 7) is 18.3. The zero-order chi connectivity index (χ0) is 17.8. The minimum Gasteiger partial charge on any atom is -0.386 e. The maximum Gasteiger partial charge on any atom is 0.0527 e. The van der Waals surface area contributed by atoms with Crippen molar-refractivity contribution in [1.29, 1.82) is 0 Å². The van der Waals surface area contributed by atoms with Crippen LogP contribution >= 0.6 is 24.4 Å². The van der Waals surface area contributed by atoms with Crippen LogP contribution in [0.1, 0.15) is 26.7 Å². The molecule has 0 aromatic rings. The van der Waals surface area contributed by atoms with E-state index >= 15 is 0 Å². The van der Waals surface area contributed by atoms with Gasteiger partial charge in [-0.1, -0.05) is 39.5 Å². The van der Waals surface area contributed by atoms with Gasteiger partial charge in [0.05, 0.1) is 6.04 Å². The number of thiol groups is 1. The summed E-state index contributed by atoms with van der Waals surface area (Å²) in [5.74, 6) is 2.52. The normalized spacial score (nSPS) is 14.7. The topological polar surface area (TPSA) is 41.3 Å². The van der Waals surface area contributed by atoms with Crippen LogP contribution in [0.2, 0.25) is 0 Å². The van der Waals surface area contributed by atoms with Crippen LogP contribution in [0.15, 0.2) is 37.2 Å². The molecule has 0 fully saturated rings. The Hall–Kier alpha value is -0.520. The molecule has 0 radical (unpaired) electrons. The average Bonchev–Trinajstić information content (AvgIpc) is 2.56. The molecule has 0 spiro atoms. The van der Waals surface area contributed by atoms with Crippen LogP contribution in [-0.2, 0) is 0 Å². The summed E-state index contributed by atoms with van der Waals surface area (Å²) in [4.78, 5) is 2.19. The van der Waals surface area contributed by atoms with E-state index in [4.69, 9.17) is 5.73 Å². The standard InChI is InChI=1S/C18H35N3S2/c1-7-14(3)13-23-17(8-2)11-15(4)21(6)10-9-20-16(5)18(19)12-22/h8,14,17-18,20,22H,2,4-5,7,9-13,19H2,1,3,6H3. The summed E-state index contributed by atoms with van der Waals surface area (Å²) >= 11 is 6.15. The summed E-state index contributed by atoms with van der Waals surface area (Å²) in [7, 11) is 2.07. The molecule has 0 saturated carbocycles. The first-order valence-corrected chi connectivity index (χ1v) is 9.95. The molecular weight excluding hydrogens is 322 g/mol. The van der Waals surface area contributed by atoms with Crippen LogP contribution in [0.5, 0.6) is 0 Å². The van der Waals surface area contributed by atoms with Gasteiger partial charge in [0.1, 0.15) is 0 Å². The molecule has 3 nitrogen and oxygen atoms in total. The van der Waals surface area contributed by atoms with E-state index in [9.17, 15) is 0 Å². The van der Waals surface area contributed by atoms with Crippen LogP contribution in [0.3, 0.4) is 0 Å². The van der Waals surface area contributed by atoms with Gasteiger partial charge in [0.15, 0.2) is 0 Å². The van der Waals surface area contributed by atoms with Crippen molar-refractivity contribution in [2.45, 2.75) is 38.0 Å². The number of thioether (sulfide) groups is 1. The third kappa shape index (κ3) is 10.0. The number of hydrogen-bond acceptors (Lipinski definition) is 5. The fraction of sp³-hybridized carbons (Fsp3) is 0.667. The molecule has 23 heavy (non-hydrogen) atoms. The Morgan fingerprint density at radius 2 is 2.09 bits per heavy atom. The van der Waals surface area contributed by atoms with Gasteiger partial charge in [-0.25, -0.2) is 0 Å². The molecule has 0 aliphatic rings. The van der Waals surface area contributed by atoms with Gasteiger partial charge in [-0.2, -0.15) is 24.4 Å². The van der Waals surface area contributed by atoms with Gasteiger partial charge in [-0.05, 0) is 11.7 Å². The van der Waals surface area contributed by atoms with E-state index in [1.54, 1.807) is 0 Å². The van der Waals surface area contributed by atoms with Crippen molar-refractivity contribution in [2.24, 2.45) is 11.7 Å². The van der Waals surface area contributed by atoms with Gasteiger partial charge < -0.3 is 16.0 Å². The van der Waals surface area contributed by atoms with Crippen molar-refractivity contribution >= 4 is 24.4 Å². The summed E-state index contributed by atoms with van der Waals surface area (Å²) in [5.41, 5.74) is 7.84. The molecule has 0 amide bonds. The molecule has 3 N–H and O–H groups in total. The predicted molar refractivity (Wildman–Crippen MR) is 111 cm³/mol. The number of nitrogens with two attached hydrogens (primary N) is 1. The minimum atomic E-state index is -0.103. The van der Waals surface area contributed by atoms with Crippen LogP contribution in [0.4, 0.5) is 0 Å². The van der Waals surface area contributed by atoms with Gasteiger partial charge in [0.25, 0.3) is 0 Å². The highest BCUT2D eigenvalue weighted by Crippen LogP contribution is 2.23. The predicted octanol–water partition coefficient (Wildman–Crippen LogP) is 3.52. The monoisotopic (exact) mass is 357 g/mol. The molecule has 0 bridgehead atoms. The van der Waals surface area contributed by atoms with E-state index in [0.717, 1.165) is 36.8 Å². The number of nitrogens with zero attached hydrogens (tertiary/aromatic N) is 1. The molecule has 3 atom stereocenters. The fourth-order valence-corrected chi connectivity index (χ4v) is 3.27. The second-order valence-electron chi connectivity index (χ2n) is 6.05. The second-order valence-corrected chi connectivity index (χ2v) is 7.69. The summed E-state index contributed by atoms with van der Waals surface area (Å²) in [6, 6.07) is -0.103. The Kier molecular flexibility index (Phi) is 12.6. The number of rotatable bonds is 14. The van der Waals surface area contributed by atoms with Crippen LogP contribution in [0, 0.1) is 5.92 Å². The summed E-state index contributed by atoms with van der Waals surface area (Å²) < 4.78 is 0. The molecule has 3 unspecified atom stereocenters. The zero-order valence-corrected chi connectivity index (χ0v) is 16.8. The zero-order valence-electron chi connectivity index (χ0n) is 15.1. The highest BCUT2D eigenvalue weighted by molar-refractivity contribution is 8.00. The first-order chi connectivity index (χ1) is 10.8. The lowest BCUT2D eigenvalue weighted by Crippen LogP contribution is -2.36. The van der Waals surface area contributed by atoms with Crippen molar-refractivity contribution in [2.75, 3.05) is 31.6 Å². The van der Waals surface area contributed by atoms with Gasteiger partial charge in [-0.3, -0.25) is 0 Å². The number of allylic oxidation sites excluding steroid dienone is 1. The van der Waals surface area contributed by atoms with Crippen molar-refractivity contribution < 1.29 is 0 Å². The molecule has 0 rings (SSSR count). The van der Waals surface area contributed by atoms with Crippen molar-refractivity contribution in [3.05, 3.63) is 37.2 Å². The van der Waals surface area contributed by atoms with E-state index < -0.39 is 0 Å². The second kappa shape index (κ2) is 12.8. The van der Waals surface area contributed by atoms with Crippen LogP contribution in [0.25, 0.3) is 0 Å². The Bertz CT molecular complexity index is 371. The lowest BCUT2D eigenvalue weighted by molar-refractivity contribution is 0.402. The van der Waals surface area contributed by atoms with Gasteiger partial charge in [-0.15, -0.1) is 6.58 Å². The maximum absolute atomic E-state index is 5.86. The van der Waals surface area contributed by atoms with E-state index in [-0.39, 0.29) is 6.04 Å². The quantitative estimate of drug-likeness (QED) is 0.329. The molecule has 0 heterocycles.